The van der Waals surface area contributed by atoms with Gasteiger partial charge in [0.15, 0.2) is 0 Å². The van der Waals surface area contributed by atoms with Gasteiger partial charge in [0.1, 0.15) is 0 Å². The summed E-state index contributed by atoms with van der Waals surface area (Å²) in [5.74, 6) is 0. The zero-order chi connectivity index (χ0) is 34.4. The van der Waals surface area contributed by atoms with Crippen molar-refractivity contribution in [2.75, 3.05) is 4.90 Å². The molecular formula is C50H35N2-. The van der Waals surface area contributed by atoms with Crippen LogP contribution in [0.25, 0.3) is 71.3 Å². The number of para-hydroxylation sites is 2. The van der Waals surface area contributed by atoms with Gasteiger partial charge >= 0.3 is 0 Å². The number of rotatable bonds is 6. The molecule has 0 N–H and O–H groups in total. The van der Waals surface area contributed by atoms with Gasteiger partial charge in [-0.25, -0.2) is 0 Å². The van der Waals surface area contributed by atoms with Gasteiger partial charge in [-0.3, -0.25) is 0 Å². The molecule has 0 spiro atoms. The molecule has 0 saturated carbocycles. The topological polar surface area (TPSA) is 8.17 Å². The van der Waals surface area contributed by atoms with Crippen LogP contribution in [0.15, 0.2) is 206 Å². The van der Waals surface area contributed by atoms with Crippen molar-refractivity contribution in [2.24, 2.45) is 0 Å². The molecule has 0 unspecified atom stereocenters. The maximum Gasteiger partial charge on any atom is 0.0547 e. The van der Waals surface area contributed by atoms with Crippen LogP contribution in [0.1, 0.15) is 1.43 Å². The van der Waals surface area contributed by atoms with Crippen LogP contribution in [0, 0.1) is 0 Å². The summed E-state index contributed by atoms with van der Waals surface area (Å²) in [6.45, 7) is 0. The monoisotopic (exact) mass is 663 g/mol. The highest BCUT2D eigenvalue weighted by Gasteiger charge is 2.17. The van der Waals surface area contributed by atoms with E-state index in [4.69, 9.17) is 0 Å². The average molecular weight is 664 g/mol. The molecule has 0 fully saturated rings. The maximum atomic E-state index is 2.40. The highest BCUT2D eigenvalue weighted by molar-refractivity contribution is 6.18. The van der Waals surface area contributed by atoms with E-state index in [9.17, 15) is 0 Å². The smallest absolute Gasteiger partial charge is 0.0547 e. The lowest BCUT2D eigenvalue weighted by Crippen LogP contribution is -2.09. The molecule has 2 nitrogen and oxygen atoms in total. The standard InChI is InChI=1S/C50H34N2.H/c1-4-12-35(13-5-1)37-22-26-42(27-23-37)51(43-28-24-38(25-29-43)36-14-6-2-7-15-36)44-30-31-45-39(32-44)20-21-40-33-48-46-18-10-11-19-49(46)52(50(48)34-47(40)45)41-16-8-3-9-17-41;/h1-34H;/q;-1. The molecular weight excluding hydrogens is 629 g/mol. The number of nitrogens with zero attached hydrogens (tertiary/aromatic N) is 2. The summed E-state index contributed by atoms with van der Waals surface area (Å²) in [4.78, 5) is 2.36. The number of hydrogen-bond donors (Lipinski definition) is 0. The van der Waals surface area contributed by atoms with Crippen molar-refractivity contribution in [3.05, 3.63) is 206 Å². The molecule has 52 heavy (non-hydrogen) atoms. The van der Waals surface area contributed by atoms with Crippen molar-refractivity contribution in [1.82, 2.24) is 4.57 Å². The Balaban J connectivity index is 0.00000372. The average Bonchev–Trinajstić information content (AvgIpc) is 3.55. The highest BCUT2D eigenvalue weighted by atomic mass is 15.1. The molecule has 0 radical (unpaired) electrons. The third kappa shape index (κ3) is 5.12. The van der Waals surface area contributed by atoms with E-state index in [1.807, 2.05) is 0 Å². The minimum atomic E-state index is 0. The minimum Gasteiger partial charge on any atom is -1.00 e. The SMILES string of the molecule is [H-].c1ccc(-c2ccc(N(c3ccc(-c4ccccc4)cc3)c3ccc4c(ccc5cc6c7ccccc7n(-c7ccccc7)c6cc54)c3)cc2)cc1. The van der Waals surface area contributed by atoms with Gasteiger partial charge in [-0.05, 0) is 111 Å². The Labute approximate surface area is 304 Å². The van der Waals surface area contributed by atoms with E-state index in [2.05, 4.69) is 216 Å². The molecule has 0 amide bonds. The largest absolute Gasteiger partial charge is 1.00 e. The van der Waals surface area contributed by atoms with Crippen LogP contribution >= 0.6 is 0 Å². The van der Waals surface area contributed by atoms with Crippen molar-refractivity contribution in [2.45, 2.75) is 0 Å². The van der Waals surface area contributed by atoms with Crippen LogP contribution in [0.4, 0.5) is 17.1 Å². The predicted octanol–water partition coefficient (Wildman–Crippen LogP) is 14.0. The fourth-order valence-corrected chi connectivity index (χ4v) is 7.82. The molecule has 0 aliphatic heterocycles. The molecule has 0 saturated heterocycles. The first-order valence-corrected chi connectivity index (χ1v) is 17.8. The van der Waals surface area contributed by atoms with E-state index in [0.717, 1.165) is 17.1 Å². The summed E-state index contributed by atoms with van der Waals surface area (Å²) in [7, 11) is 0. The Morgan fingerprint density at radius 2 is 0.808 bits per heavy atom. The van der Waals surface area contributed by atoms with Crippen LogP contribution < -0.4 is 4.90 Å². The third-order valence-corrected chi connectivity index (χ3v) is 10.3. The van der Waals surface area contributed by atoms with Gasteiger partial charge in [0.05, 0.1) is 11.0 Å². The Kier molecular flexibility index (Phi) is 7.18. The molecule has 1 aromatic heterocycles. The number of benzene rings is 9. The van der Waals surface area contributed by atoms with E-state index < -0.39 is 0 Å². The summed E-state index contributed by atoms with van der Waals surface area (Å²) in [6.07, 6.45) is 0. The zero-order valence-corrected chi connectivity index (χ0v) is 28.5. The molecule has 246 valence electrons. The lowest BCUT2D eigenvalue weighted by molar-refractivity contribution is 1.18. The summed E-state index contributed by atoms with van der Waals surface area (Å²) in [5, 5.41) is 7.49. The number of anilines is 3. The van der Waals surface area contributed by atoms with E-state index in [1.54, 1.807) is 0 Å². The van der Waals surface area contributed by atoms with E-state index >= 15 is 0 Å². The van der Waals surface area contributed by atoms with Gasteiger partial charge in [0.25, 0.3) is 0 Å². The van der Waals surface area contributed by atoms with Crippen LogP contribution in [-0.4, -0.2) is 4.57 Å². The van der Waals surface area contributed by atoms with Crippen LogP contribution in [-0.2, 0) is 0 Å². The van der Waals surface area contributed by atoms with Gasteiger partial charge in [-0.1, -0.05) is 140 Å². The summed E-state index contributed by atoms with van der Waals surface area (Å²) in [5.41, 5.74) is 11.8. The van der Waals surface area contributed by atoms with Crippen LogP contribution in [0.3, 0.4) is 0 Å². The van der Waals surface area contributed by atoms with Crippen molar-refractivity contribution < 1.29 is 1.43 Å². The summed E-state index contributed by atoms with van der Waals surface area (Å²) in [6, 6.07) is 74.6. The molecule has 10 rings (SSSR count). The van der Waals surface area contributed by atoms with Crippen molar-refractivity contribution in [3.63, 3.8) is 0 Å². The molecule has 0 aliphatic carbocycles. The van der Waals surface area contributed by atoms with Crippen molar-refractivity contribution in [1.29, 1.82) is 0 Å². The van der Waals surface area contributed by atoms with E-state index in [1.165, 1.54) is 71.3 Å². The molecule has 0 aliphatic rings. The van der Waals surface area contributed by atoms with Crippen LogP contribution in [0.2, 0.25) is 0 Å². The number of aromatic nitrogens is 1. The first-order chi connectivity index (χ1) is 25.8. The third-order valence-electron chi connectivity index (χ3n) is 10.3. The van der Waals surface area contributed by atoms with Gasteiger partial charge in [-0.15, -0.1) is 0 Å². The maximum absolute atomic E-state index is 2.40. The fraction of sp³-hybridized carbons (Fsp3) is 0. The highest BCUT2D eigenvalue weighted by Crippen LogP contribution is 2.41. The predicted molar refractivity (Wildman–Crippen MR) is 222 cm³/mol. The fourth-order valence-electron chi connectivity index (χ4n) is 7.82. The lowest BCUT2D eigenvalue weighted by Gasteiger charge is -2.26. The van der Waals surface area contributed by atoms with E-state index in [-0.39, 0.29) is 1.43 Å². The van der Waals surface area contributed by atoms with Gasteiger partial charge in [-0.2, -0.15) is 0 Å². The molecule has 10 aromatic rings. The normalized spacial score (nSPS) is 11.5. The first kappa shape index (κ1) is 30.0. The number of hydrogen-bond acceptors (Lipinski definition) is 1. The zero-order valence-electron chi connectivity index (χ0n) is 29.5. The van der Waals surface area contributed by atoms with Crippen molar-refractivity contribution >= 4 is 60.4 Å². The second-order valence-corrected chi connectivity index (χ2v) is 13.4. The molecule has 9 aromatic carbocycles. The second kappa shape index (κ2) is 12.5. The van der Waals surface area contributed by atoms with Gasteiger partial charge in [0.2, 0.25) is 0 Å². The lowest BCUT2D eigenvalue weighted by atomic mass is 9.98. The summed E-state index contributed by atoms with van der Waals surface area (Å²) >= 11 is 0. The summed E-state index contributed by atoms with van der Waals surface area (Å²) < 4.78 is 2.40. The molecule has 1 heterocycles. The Hall–Kier alpha value is -6.90. The van der Waals surface area contributed by atoms with Crippen LogP contribution in [0.5, 0.6) is 0 Å². The number of fused-ring (bicyclic) bond motifs is 6. The van der Waals surface area contributed by atoms with E-state index in [0.29, 0.717) is 0 Å². The second-order valence-electron chi connectivity index (χ2n) is 13.4. The van der Waals surface area contributed by atoms with Gasteiger partial charge in [0, 0.05) is 33.5 Å². The Morgan fingerprint density at radius 3 is 1.42 bits per heavy atom. The van der Waals surface area contributed by atoms with Gasteiger partial charge < -0.3 is 10.9 Å². The quantitative estimate of drug-likeness (QED) is 0.161. The minimum absolute atomic E-state index is 0. The molecule has 0 bridgehead atoms. The van der Waals surface area contributed by atoms with Crippen molar-refractivity contribution in [3.8, 4) is 27.9 Å². The Morgan fingerprint density at radius 1 is 0.308 bits per heavy atom. The molecule has 0 atom stereocenters. The first-order valence-electron chi connectivity index (χ1n) is 17.8. The Bertz CT molecular complexity index is 2780. The molecule has 2 heteroatoms.